The Hall–Kier alpha value is -0.810. The van der Waals surface area contributed by atoms with Crippen LogP contribution in [0.2, 0.25) is 0 Å². The molecule has 2 N–H and O–H groups in total. The lowest BCUT2D eigenvalue weighted by molar-refractivity contribution is -0.246. The van der Waals surface area contributed by atoms with Crippen molar-refractivity contribution in [2.45, 2.75) is 160 Å². The van der Waals surface area contributed by atoms with Gasteiger partial charge in [0.1, 0.15) is 6.10 Å². The summed E-state index contributed by atoms with van der Waals surface area (Å²) in [6, 6.07) is 0. The Morgan fingerprint density at radius 2 is 1.73 bits per heavy atom. The second kappa shape index (κ2) is 11.3. The molecule has 9 heteroatoms. The van der Waals surface area contributed by atoms with Gasteiger partial charge in [0.05, 0.1) is 37.1 Å². The summed E-state index contributed by atoms with van der Waals surface area (Å²) >= 11 is 0. The first-order chi connectivity index (χ1) is 22.6. The van der Waals surface area contributed by atoms with Crippen molar-refractivity contribution < 1.29 is 34.0 Å². The standard InChI is InChI=1S/C39H64N2O7/c1-24-20-26(32(42)35(4,5)44)47-27-21-37(7)28-9-15-41-34(2,3)29(8-12-39(41)23-38(28,39)14-13-36(37,6)31(24)27)48-30-22-40(16-19-46-30)33(43)25-10-17-45-18-11-25/h24-32,42,44H,8-23H2,1-7H3/t24-,26?,27?,28+,29+,30?,31?,32+,36-,37+,38+,39?/m1/s1. The lowest BCUT2D eigenvalue weighted by atomic mass is 9.45. The highest BCUT2D eigenvalue weighted by atomic mass is 16.7. The molecule has 272 valence electrons. The second-order valence-corrected chi connectivity index (χ2v) is 19.2. The van der Waals surface area contributed by atoms with Gasteiger partial charge in [-0.15, -0.1) is 0 Å². The predicted molar refractivity (Wildman–Crippen MR) is 181 cm³/mol. The third-order valence-electron chi connectivity index (χ3n) is 16.3. The summed E-state index contributed by atoms with van der Waals surface area (Å²) in [6.45, 7) is 19.9. The Labute approximate surface area is 288 Å². The number of nitrogens with zero attached hydrogens (tertiary/aromatic N) is 2. The van der Waals surface area contributed by atoms with Crippen LogP contribution in [0.15, 0.2) is 0 Å². The van der Waals surface area contributed by atoms with Gasteiger partial charge in [0.2, 0.25) is 5.91 Å². The molecular weight excluding hydrogens is 608 g/mol. The van der Waals surface area contributed by atoms with Gasteiger partial charge in [-0.2, -0.15) is 0 Å². The van der Waals surface area contributed by atoms with Crippen LogP contribution in [0, 0.1) is 39.9 Å². The molecule has 12 atom stereocenters. The van der Waals surface area contributed by atoms with E-state index in [0.717, 1.165) is 38.6 Å². The van der Waals surface area contributed by atoms with Crippen LogP contribution in [0.25, 0.3) is 0 Å². The van der Waals surface area contributed by atoms with E-state index in [1.54, 1.807) is 13.8 Å². The van der Waals surface area contributed by atoms with E-state index in [4.69, 9.17) is 18.9 Å². The quantitative estimate of drug-likeness (QED) is 0.432. The molecule has 8 rings (SSSR count). The van der Waals surface area contributed by atoms with E-state index in [1.807, 2.05) is 4.90 Å². The highest BCUT2D eigenvalue weighted by Crippen LogP contribution is 2.84. The van der Waals surface area contributed by atoms with Gasteiger partial charge >= 0.3 is 0 Å². The molecule has 5 unspecified atom stereocenters. The number of hydrogen-bond donors (Lipinski definition) is 2. The number of hydrogen-bond acceptors (Lipinski definition) is 8. The third-order valence-corrected chi connectivity index (χ3v) is 16.3. The minimum Gasteiger partial charge on any atom is -0.388 e. The Kier molecular flexibility index (Phi) is 8.10. The Bertz CT molecular complexity index is 1270. The van der Waals surface area contributed by atoms with Gasteiger partial charge in [-0.3, -0.25) is 9.69 Å². The lowest BCUT2D eigenvalue weighted by Gasteiger charge is -2.64. The predicted octanol–water partition coefficient (Wildman–Crippen LogP) is 4.76. The number of aliphatic hydroxyl groups is 2. The fourth-order valence-corrected chi connectivity index (χ4v) is 13.8. The lowest BCUT2D eigenvalue weighted by Crippen LogP contribution is -2.69. The molecule has 3 saturated carbocycles. The monoisotopic (exact) mass is 672 g/mol. The molecule has 5 heterocycles. The SMILES string of the molecule is C[C@@H]1CC([C@H](O)C(C)(C)O)OC2C[C@@]3(C)[C@@H]4CCN5C(C)(C)[C@@H](OC6CN(C(=O)C7CCOCC7)CCO6)CCC56C[C@@]46CC[C@]3(C)C21. The molecule has 0 aromatic rings. The number of morpholine rings is 1. The zero-order chi connectivity index (χ0) is 34.1. The maximum atomic E-state index is 13.3. The summed E-state index contributed by atoms with van der Waals surface area (Å²) in [6.07, 6.45) is 9.39. The van der Waals surface area contributed by atoms with E-state index >= 15 is 0 Å². The topological polar surface area (TPSA) is 101 Å². The van der Waals surface area contributed by atoms with Crippen LogP contribution in [0.5, 0.6) is 0 Å². The van der Waals surface area contributed by atoms with Crippen molar-refractivity contribution in [1.29, 1.82) is 0 Å². The minimum absolute atomic E-state index is 0.0626. The van der Waals surface area contributed by atoms with Crippen molar-refractivity contribution in [1.82, 2.24) is 9.80 Å². The normalized spacial score (nSPS) is 49.6. The van der Waals surface area contributed by atoms with Crippen molar-refractivity contribution in [3.05, 3.63) is 0 Å². The van der Waals surface area contributed by atoms with E-state index < -0.39 is 11.7 Å². The fourth-order valence-electron chi connectivity index (χ4n) is 13.8. The van der Waals surface area contributed by atoms with Crippen molar-refractivity contribution in [2.75, 3.05) is 39.5 Å². The Balaban J connectivity index is 0.975. The molecule has 9 nitrogen and oxygen atoms in total. The van der Waals surface area contributed by atoms with Gasteiger partial charge in [0.15, 0.2) is 6.29 Å². The molecule has 5 saturated heterocycles. The molecule has 8 aliphatic rings. The number of amides is 1. The summed E-state index contributed by atoms with van der Waals surface area (Å²) < 4.78 is 25.3. The fraction of sp³-hybridized carbons (Fsp3) is 0.974. The van der Waals surface area contributed by atoms with Crippen LogP contribution in [0.1, 0.15) is 113 Å². The van der Waals surface area contributed by atoms with Gasteiger partial charge in [-0.1, -0.05) is 20.8 Å². The van der Waals surface area contributed by atoms with Gasteiger partial charge in [0.25, 0.3) is 0 Å². The van der Waals surface area contributed by atoms with E-state index in [-0.39, 0.29) is 58.3 Å². The average molecular weight is 673 g/mol. The number of carbonyl (C=O) groups is 1. The number of carbonyl (C=O) groups excluding carboxylic acids is 1. The molecular formula is C39H64N2O7. The van der Waals surface area contributed by atoms with Crippen molar-refractivity contribution in [3.63, 3.8) is 0 Å². The maximum Gasteiger partial charge on any atom is 0.226 e. The van der Waals surface area contributed by atoms with Crippen molar-refractivity contribution in [3.8, 4) is 0 Å². The summed E-state index contributed by atoms with van der Waals surface area (Å²) in [5.41, 5.74) is -0.306. The van der Waals surface area contributed by atoms with Gasteiger partial charge < -0.3 is 34.1 Å². The van der Waals surface area contributed by atoms with E-state index in [2.05, 4.69) is 39.5 Å². The van der Waals surface area contributed by atoms with Crippen LogP contribution in [-0.2, 0) is 23.7 Å². The van der Waals surface area contributed by atoms with Crippen LogP contribution in [0.4, 0.5) is 0 Å². The summed E-state index contributed by atoms with van der Waals surface area (Å²) in [5.74, 6) is 1.92. The van der Waals surface area contributed by atoms with E-state index in [1.165, 1.54) is 32.1 Å². The zero-order valence-electron chi connectivity index (χ0n) is 30.8. The zero-order valence-corrected chi connectivity index (χ0v) is 30.8. The number of piperidine rings is 2. The number of aliphatic hydroxyl groups excluding tert-OH is 1. The molecule has 0 aromatic carbocycles. The molecule has 3 aliphatic carbocycles. The minimum atomic E-state index is -1.17. The molecule has 0 radical (unpaired) electrons. The largest absolute Gasteiger partial charge is 0.388 e. The molecule has 0 bridgehead atoms. The van der Waals surface area contributed by atoms with E-state index in [0.29, 0.717) is 56.1 Å². The first-order valence-corrected chi connectivity index (χ1v) is 19.5. The first-order valence-electron chi connectivity index (χ1n) is 19.5. The van der Waals surface area contributed by atoms with Gasteiger partial charge in [-0.05, 0) is 132 Å². The maximum absolute atomic E-state index is 13.3. The number of rotatable bonds is 5. The first kappa shape index (κ1) is 34.3. The van der Waals surface area contributed by atoms with Crippen LogP contribution < -0.4 is 0 Å². The molecule has 1 amide bonds. The van der Waals surface area contributed by atoms with Crippen molar-refractivity contribution >= 4 is 5.91 Å². The summed E-state index contributed by atoms with van der Waals surface area (Å²) in [5, 5.41) is 21.7. The van der Waals surface area contributed by atoms with Gasteiger partial charge in [0, 0.05) is 36.8 Å². The number of fused-ring (bicyclic) bond motifs is 4. The Morgan fingerprint density at radius 3 is 2.46 bits per heavy atom. The highest BCUT2D eigenvalue weighted by molar-refractivity contribution is 5.79. The number of ether oxygens (including phenoxy) is 4. The van der Waals surface area contributed by atoms with Crippen LogP contribution >= 0.6 is 0 Å². The Morgan fingerprint density at radius 1 is 0.979 bits per heavy atom. The molecule has 2 spiro atoms. The third kappa shape index (κ3) is 4.76. The highest BCUT2D eigenvalue weighted by Gasteiger charge is 2.83. The van der Waals surface area contributed by atoms with Crippen molar-refractivity contribution in [2.24, 2.45) is 39.9 Å². The molecule has 8 fully saturated rings. The van der Waals surface area contributed by atoms with Gasteiger partial charge in [-0.25, -0.2) is 0 Å². The summed E-state index contributed by atoms with van der Waals surface area (Å²) in [7, 11) is 0. The smallest absolute Gasteiger partial charge is 0.226 e. The average Bonchev–Trinajstić information content (AvgIpc) is 3.64. The molecule has 0 aromatic heterocycles. The van der Waals surface area contributed by atoms with Crippen LogP contribution in [0.3, 0.4) is 0 Å². The molecule has 5 aliphatic heterocycles. The van der Waals surface area contributed by atoms with E-state index in [9.17, 15) is 15.0 Å². The van der Waals surface area contributed by atoms with Crippen LogP contribution in [-0.4, -0.2) is 113 Å². The summed E-state index contributed by atoms with van der Waals surface area (Å²) in [4.78, 5) is 18.2. The second-order valence-electron chi connectivity index (χ2n) is 19.2. The molecule has 48 heavy (non-hydrogen) atoms.